The van der Waals surface area contributed by atoms with Gasteiger partial charge in [0.1, 0.15) is 11.9 Å². The Kier molecular flexibility index (Phi) is 3.78. The number of aryl methyl sites for hydroxylation is 1. The van der Waals surface area contributed by atoms with Crippen molar-refractivity contribution in [2.45, 2.75) is 19.4 Å². The Bertz CT molecular complexity index is 594. The average molecular weight is 286 g/mol. The van der Waals surface area contributed by atoms with Crippen LogP contribution < -0.4 is 5.73 Å². The maximum atomic E-state index is 11.4. The van der Waals surface area contributed by atoms with Crippen molar-refractivity contribution in [1.82, 2.24) is 9.55 Å². The molecule has 1 unspecified atom stereocenters. The zero-order chi connectivity index (χ0) is 13.3. The Balaban J connectivity index is 2.67. The van der Waals surface area contributed by atoms with Gasteiger partial charge in [0.25, 0.3) is 0 Å². The molecule has 0 saturated carbocycles. The minimum absolute atomic E-state index is 0.412. The van der Waals surface area contributed by atoms with Crippen LogP contribution in [0.5, 0.6) is 0 Å². The molecule has 6 heteroatoms. The molecular weight excluding hydrogens is 273 g/mol. The molecule has 1 heterocycles. The van der Waals surface area contributed by atoms with E-state index >= 15 is 0 Å². The van der Waals surface area contributed by atoms with Gasteiger partial charge in [0.2, 0.25) is 5.91 Å². The highest BCUT2D eigenvalue weighted by molar-refractivity contribution is 6.31. The second-order valence-corrected chi connectivity index (χ2v) is 4.86. The van der Waals surface area contributed by atoms with Gasteiger partial charge in [-0.2, -0.15) is 0 Å². The fourth-order valence-corrected chi connectivity index (χ4v) is 2.27. The van der Waals surface area contributed by atoms with Crippen molar-refractivity contribution in [3.8, 4) is 0 Å². The van der Waals surface area contributed by atoms with E-state index in [2.05, 4.69) is 4.98 Å². The number of hydrogen-bond acceptors (Lipinski definition) is 2. The molecule has 0 saturated heterocycles. The highest BCUT2D eigenvalue weighted by Gasteiger charge is 2.19. The highest BCUT2D eigenvalue weighted by Crippen LogP contribution is 2.24. The summed E-state index contributed by atoms with van der Waals surface area (Å²) in [6, 6.07) is 4.88. The number of nitrogens with zero attached hydrogens (tertiary/aromatic N) is 2. The van der Waals surface area contributed by atoms with Crippen LogP contribution in [0.3, 0.4) is 0 Å². The normalized spacial score (nSPS) is 12.8. The molecule has 0 fully saturated rings. The van der Waals surface area contributed by atoms with E-state index < -0.39 is 11.9 Å². The molecule has 96 valence electrons. The van der Waals surface area contributed by atoms with Crippen molar-refractivity contribution >= 4 is 40.1 Å². The highest BCUT2D eigenvalue weighted by atomic mass is 35.5. The summed E-state index contributed by atoms with van der Waals surface area (Å²) in [6.45, 7) is 1.74. The van der Waals surface area contributed by atoms with E-state index in [-0.39, 0.29) is 0 Å². The minimum Gasteiger partial charge on any atom is -0.368 e. The number of alkyl halides is 1. The van der Waals surface area contributed by atoms with E-state index in [1.807, 2.05) is 6.07 Å². The van der Waals surface area contributed by atoms with Gasteiger partial charge < -0.3 is 10.3 Å². The zero-order valence-electron chi connectivity index (χ0n) is 9.86. The number of halogens is 2. The van der Waals surface area contributed by atoms with Crippen LogP contribution in [-0.2, 0) is 11.2 Å². The van der Waals surface area contributed by atoms with Crippen LogP contribution in [0.2, 0.25) is 5.02 Å². The van der Waals surface area contributed by atoms with Gasteiger partial charge in [0, 0.05) is 17.3 Å². The first kappa shape index (κ1) is 13.2. The van der Waals surface area contributed by atoms with Gasteiger partial charge in [-0.05, 0) is 25.1 Å². The first-order valence-corrected chi connectivity index (χ1v) is 6.47. The second-order valence-electron chi connectivity index (χ2n) is 4.05. The molecule has 0 aliphatic carbocycles. The lowest BCUT2D eigenvalue weighted by Gasteiger charge is -2.14. The topological polar surface area (TPSA) is 60.9 Å². The number of imidazole rings is 1. The zero-order valence-corrected chi connectivity index (χ0v) is 11.4. The Morgan fingerprint density at radius 2 is 2.28 bits per heavy atom. The molecule has 18 heavy (non-hydrogen) atoms. The molecule has 1 amide bonds. The number of hydrogen-bond donors (Lipinski definition) is 1. The standard InChI is InChI=1S/C12H13Cl2N3O/c1-7(12(15)18)17-10-6-8(14)2-3-9(10)16-11(17)4-5-13/h2-3,6-7H,4-5H2,1H3,(H2,15,18). The number of nitrogens with two attached hydrogens (primary N) is 1. The van der Waals surface area contributed by atoms with E-state index in [0.29, 0.717) is 17.3 Å². The van der Waals surface area contributed by atoms with Gasteiger partial charge >= 0.3 is 0 Å². The SMILES string of the molecule is CC(C(N)=O)n1c(CCCl)nc2ccc(Cl)cc21. The number of aromatic nitrogens is 2. The Morgan fingerprint density at radius 1 is 1.56 bits per heavy atom. The Hall–Kier alpha value is -1.26. The molecular formula is C12H13Cl2N3O. The van der Waals surface area contributed by atoms with Crippen LogP contribution in [0.15, 0.2) is 18.2 Å². The van der Waals surface area contributed by atoms with Crippen LogP contribution in [-0.4, -0.2) is 21.3 Å². The summed E-state index contributed by atoms with van der Waals surface area (Å²) >= 11 is 11.7. The minimum atomic E-state index is -0.480. The molecule has 0 bridgehead atoms. The predicted octanol–water partition coefficient (Wildman–Crippen LogP) is 2.52. The first-order chi connectivity index (χ1) is 8.54. The van der Waals surface area contributed by atoms with E-state index in [1.165, 1.54) is 0 Å². The van der Waals surface area contributed by atoms with Crippen LogP contribution >= 0.6 is 23.2 Å². The summed E-state index contributed by atoms with van der Waals surface area (Å²) in [5.74, 6) is 0.765. The monoisotopic (exact) mass is 285 g/mol. The van der Waals surface area contributed by atoms with Crippen molar-refractivity contribution in [3.05, 3.63) is 29.0 Å². The van der Waals surface area contributed by atoms with E-state index in [0.717, 1.165) is 16.9 Å². The molecule has 1 atom stereocenters. The fourth-order valence-electron chi connectivity index (χ4n) is 1.94. The molecule has 2 rings (SSSR count). The summed E-state index contributed by atoms with van der Waals surface area (Å²) in [4.78, 5) is 15.8. The molecule has 0 radical (unpaired) electrons. The molecule has 2 N–H and O–H groups in total. The molecule has 0 aliphatic rings. The van der Waals surface area contributed by atoms with Crippen LogP contribution in [0, 0.1) is 0 Å². The number of carbonyl (C=O) groups is 1. The van der Waals surface area contributed by atoms with E-state index in [4.69, 9.17) is 28.9 Å². The number of amides is 1. The van der Waals surface area contributed by atoms with E-state index in [1.54, 1.807) is 23.6 Å². The smallest absolute Gasteiger partial charge is 0.240 e. The summed E-state index contributed by atoms with van der Waals surface area (Å²) in [7, 11) is 0. The second kappa shape index (κ2) is 5.16. The van der Waals surface area contributed by atoms with Gasteiger partial charge in [0.05, 0.1) is 11.0 Å². The van der Waals surface area contributed by atoms with Gasteiger partial charge in [-0.3, -0.25) is 4.79 Å². The van der Waals surface area contributed by atoms with Gasteiger partial charge in [-0.15, -0.1) is 11.6 Å². The van der Waals surface area contributed by atoms with Crippen molar-refractivity contribution in [2.75, 3.05) is 5.88 Å². The molecule has 0 spiro atoms. The fraction of sp³-hybridized carbons (Fsp3) is 0.333. The summed E-state index contributed by atoms with van der Waals surface area (Å²) in [5.41, 5.74) is 6.95. The van der Waals surface area contributed by atoms with E-state index in [9.17, 15) is 4.79 Å². The number of carbonyl (C=O) groups excluding carboxylic acids is 1. The first-order valence-electron chi connectivity index (χ1n) is 5.56. The number of primary amides is 1. The maximum absolute atomic E-state index is 11.4. The Morgan fingerprint density at radius 3 is 2.89 bits per heavy atom. The summed E-state index contributed by atoms with van der Waals surface area (Å²) in [6.07, 6.45) is 0.575. The van der Waals surface area contributed by atoms with Crippen molar-refractivity contribution < 1.29 is 4.79 Å². The predicted molar refractivity (Wildman–Crippen MR) is 73.1 cm³/mol. The number of fused-ring (bicyclic) bond motifs is 1. The maximum Gasteiger partial charge on any atom is 0.240 e. The quantitative estimate of drug-likeness (QED) is 0.878. The summed E-state index contributed by atoms with van der Waals surface area (Å²) in [5, 5.41) is 0.595. The Labute approximate surface area is 115 Å². The number of benzene rings is 1. The molecule has 2 aromatic rings. The molecule has 4 nitrogen and oxygen atoms in total. The lowest BCUT2D eigenvalue weighted by Crippen LogP contribution is -2.25. The van der Waals surface area contributed by atoms with Crippen LogP contribution in [0.25, 0.3) is 11.0 Å². The van der Waals surface area contributed by atoms with Crippen molar-refractivity contribution in [3.63, 3.8) is 0 Å². The van der Waals surface area contributed by atoms with Crippen LogP contribution in [0.1, 0.15) is 18.8 Å². The number of rotatable bonds is 4. The third-order valence-corrected chi connectivity index (χ3v) is 3.27. The molecule has 1 aromatic carbocycles. The third-order valence-electron chi connectivity index (χ3n) is 2.84. The molecule has 1 aromatic heterocycles. The largest absolute Gasteiger partial charge is 0.368 e. The third kappa shape index (κ3) is 2.31. The van der Waals surface area contributed by atoms with Crippen molar-refractivity contribution in [1.29, 1.82) is 0 Å². The van der Waals surface area contributed by atoms with Gasteiger partial charge in [-0.1, -0.05) is 11.6 Å². The average Bonchev–Trinajstić information content (AvgIpc) is 2.66. The molecule has 0 aliphatic heterocycles. The van der Waals surface area contributed by atoms with Gasteiger partial charge in [0.15, 0.2) is 0 Å². The lowest BCUT2D eigenvalue weighted by molar-refractivity contribution is -0.120. The summed E-state index contributed by atoms with van der Waals surface area (Å²) < 4.78 is 1.80. The van der Waals surface area contributed by atoms with Crippen LogP contribution in [0.4, 0.5) is 0 Å². The van der Waals surface area contributed by atoms with Crippen molar-refractivity contribution in [2.24, 2.45) is 5.73 Å². The lowest BCUT2D eigenvalue weighted by atomic mass is 10.2. The van der Waals surface area contributed by atoms with Gasteiger partial charge in [-0.25, -0.2) is 4.98 Å².